The SMILES string of the molecule is CCNCCNC(=O)CN(CC(=O)N(C)N1Cc2ccccc2C1)c1ccc(-c2noc(C(F)F)n2)cc1C.Cl.Cl. The Morgan fingerprint density at radius 2 is 1.76 bits per heavy atom. The fraction of sp³-hybridized carbons (Fsp3) is 0.407. The number of aryl methyl sites for hydroxylation is 1. The lowest BCUT2D eigenvalue weighted by molar-refractivity contribution is -0.145. The molecule has 0 bridgehead atoms. The molecule has 1 aliphatic heterocycles. The molecule has 224 valence electrons. The van der Waals surface area contributed by atoms with Crippen LogP contribution in [-0.2, 0) is 22.7 Å². The van der Waals surface area contributed by atoms with Crippen molar-refractivity contribution in [2.24, 2.45) is 0 Å². The molecule has 2 heterocycles. The first-order chi connectivity index (χ1) is 18.8. The monoisotopic (exact) mass is 613 g/mol. The van der Waals surface area contributed by atoms with Gasteiger partial charge in [0.25, 0.3) is 11.8 Å². The van der Waals surface area contributed by atoms with E-state index in [0.717, 1.165) is 12.1 Å². The lowest BCUT2D eigenvalue weighted by Gasteiger charge is -2.32. The first-order valence-corrected chi connectivity index (χ1v) is 12.8. The van der Waals surface area contributed by atoms with Crippen molar-refractivity contribution in [3.05, 3.63) is 65.0 Å². The molecule has 3 aromatic rings. The normalized spacial score (nSPS) is 12.3. The minimum atomic E-state index is -2.86. The summed E-state index contributed by atoms with van der Waals surface area (Å²) in [6.07, 6.45) is -2.86. The standard InChI is InChI=1S/C27H33F2N7O3.2ClH/c1-4-30-11-12-31-23(37)16-35(17-24(38)34(3)36-14-20-7-5-6-8-21(20)15-36)22-10-9-19(13-18(22)2)26-32-27(25(28)29)39-33-26;;/h5-10,13,25,30H,4,11-12,14-17H2,1-3H3,(H,31,37);2*1H. The molecule has 10 nitrogen and oxygen atoms in total. The number of anilines is 1. The van der Waals surface area contributed by atoms with Gasteiger partial charge in [0.1, 0.15) is 0 Å². The van der Waals surface area contributed by atoms with Crippen molar-refractivity contribution in [3.63, 3.8) is 0 Å². The number of hydrogen-bond donors (Lipinski definition) is 2. The average Bonchev–Trinajstić information content (AvgIpc) is 3.58. The zero-order valence-electron chi connectivity index (χ0n) is 23.1. The predicted molar refractivity (Wildman–Crippen MR) is 156 cm³/mol. The number of amides is 2. The summed E-state index contributed by atoms with van der Waals surface area (Å²) in [6.45, 7) is 6.87. The fourth-order valence-electron chi connectivity index (χ4n) is 4.46. The average molecular weight is 615 g/mol. The summed E-state index contributed by atoms with van der Waals surface area (Å²) in [5, 5.41) is 13.2. The summed E-state index contributed by atoms with van der Waals surface area (Å²) in [7, 11) is 1.73. The van der Waals surface area contributed by atoms with Crippen LogP contribution in [0.4, 0.5) is 14.5 Å². The van der Waals surface area contributed by atoms with E-state index in [0.29, 0.717) is 37.4 Å². The second kappa shape index (κ2) is 15.6. The van der Waals surface area contributed by atoms with Gasteiger partial charge < -0.3 is 20.1 Å². The number of hydrogen-bond acceptors (Lipinski definition) is 8. The molecule has 2 N–H and O–H groups in total. The number of alkyl halides is 2. The van der Waals surface area contributed by atoms with Crippen LogP contribution in [0.15, 0.2) is 47.0 Å². The summed E-state index contributed by atoms with van der Waals surface area (Å²) in [6, 6.07) is 13.2. The number of rotatable bonds is 12. The highest BCUT2D eigenvalue weighted by Gasteiger charge is 2.27. The molecule has 0 unspecified atom stereocenters. The maximum Gasteiger partial charge on any atom is 0.315 e. The molecule has 41 heavy (non-hydrogen) atoms. The summed E-state index contributed by atoms with van der Waals surface area (Å²) in [4.78, 5) is 31.7. The molecular weight excluding hydrogens is 579 g/mol. The minimum Gasteiger partial charge on any atom is -0.353 e. The van der Waals surface area contributed by atoms with Crippen molar-refractivity contribution in [2.45, 2.75) is 33.4 Å². The van der Waals surface area contributed by atoms with Crippen molar-refractivity contribution in [3.8, 4) is 11.4 Å². The Kier molecular flexibility index (Phi) is 12.9. The largest absolute Gasteiger partial charge is 0.353 e. The van der Waals surface area contributed by atoms with E-state index in [4.69, 9.17) is 0 Å². The number of carbonyl (C=O) groups excluding carboxylic acids is 2. The van der Waals surface area contributed by atoms with Crippen LogP contribution < -0.4 is 15.5 Å². The van der Waals surface area contributed by atoms with E-state index < -0.39 is 12.3 Å². The third-order valence-electron chi connectivity index (χ3n) is 6.57. The Morgan fingerprint density at radius 3 is 2.34 bits per heavy atom. The van der Waals surface area contributed by atoms with Gasteiger partial charge in [0.15, 0.2) is 0 Å². The van der Waals surface area contributed by atoms with E-state index in [1.54, 1.807) is 35.2 Å². The van der Waals surface area contributed by atoms with Crippen LogP contribution in [0.3, 0.4) is 0 Å². The van der Waals surface area contributed by atoms with Crippen LogP contribution in [0.25, 0.3) is 11.4 Å². The Bertz CT molecular complexity index is 1290. The van der Waals surface area contributed by atoms with Gasteiger partial charge in [-0.05, 0) is 48.4 Å². The molecule has 0 spiro atoms. The quantitative estimate of drug-likeness (QED) is 0.298. The number of aromatic nitrogens is 2. The van der Waals surface area contributed by atoms with Crippen LogP contribution in [-0.4, -0.2) is 71.7 Å². The summed E-state index contributed by atoms with van der Waals surface area (Å²) in [5.74, 6) is -1.11. The zero-order chi connectivity index (χ0) is 27.9. The van der Waals surface area contributed by atoms with Gasteiger partial charge in [-0.3, -0.25) is 14.6 Å². The number of nitrogens with one attached hydrogen (secondary N) is 2. The Labute approximate surface area is 250 Å². The maximum atomic E-state index is 13.4. The molecule has 4 rings (SSSR count). The van der Waals surface area contributed by atoms with Gasteiger partial charge in [0.05, 0.1) is 13.1 Å². The second-order valence-electron chi connectivity index (χ2n) is 9.33. The van der Waals surface area contributed by atoms with Gasteiger partial charge in [-0.1, -0.05) is 36.3 Å². The van der Waals surface area contributed by atoms with Crippen molar-refractivity contribution >= 4 is 42.3 Å². The molecule has 0 aliphatic carbocycles. The van der Waals surface area contributed by atoms with Crippen molar-refractivity contribution in [1.29, 1.82) is 0 Å². The molecule has 0 radical (unpaired) electrons. The van der Waals surface area contributed by atoms with Gasteiger partial charge in [-0.25, -0.2) is 5.01 Å². The number of hydrazine groups is 1. The van der Waals surface area contributed by atoms with Crippen LogP contribution in [0.1, 0.15) is 35.9 Å². The maximum absolute atomic E-state index is 13.4. The predicted octanol–water partition coefficient (Wildman–Crippen LogP) is 3.75. The highest BCUT2D eigenvalue weighted by molar-refractivity contribution is 5.87. The van der Waals surface area contributed by atoms with E-state index in [1.165, 1.54) is 11.1 Å². The van der Waals surface area contributed by atoms with Crippen LogP contribution in [0.2, 0.25) is 0 Å². The fourth-order valence-corrected chi connectivity index (χ4v) is 4.46. The highest BCUT2D eigenvalue weighted by Crippen LogP contribution is 2.28. The second-order valence-corrected chi connectivity index (χ2v) is 9.33. The summed E-state index contributed by atoms with van der Waals surface area (Å²) < 4.78 is 30.4. The molecule has 1 aromatic heterocycles. The minimum absolute atomic E-state index is 0. The van der Waals surface area contributed by atoms with E-state index in [2.05, 4.69) is 37.4 Å². The van der Waals surface area contributed by atoms with Crippen LogP contribution in [0.5, 0.6) is 0 Å². The summed E-state index contributed by atoms with van der Waals surface area (Å²) in [5.41, 5.74) is 4.22. The van der Waals surface area contributed by atoms with Crippen molar-refractivity contribution in [1.82, 2.24) is 30.8 Å². The molecular formula is C27H35Cl2F2N7O3. The smallest absolute Gasteiger partial charge is 0.315 e. The molecule has 0 saturated carbocycles. The van der Waals surface area contributed by atoms with Gasteiger partial charge in [0, 0.05) is 44.5 Å². The van der Waals surface area contributed by atoms with Crippen molar-refractivity contribution in [2.75, 3.05) is 44.7 Å². The summed E-state index contributed by atoms with van der Waals surface area (Å²) >= 11 is 0. The molecule has 1 aliphatic rings. The number of nitrogens with zero attached hydrogens (tertiary/aromatic N) is 5. The van der Waals surface area contributed by atoms with Gasteiger partial charge in [0.2, 0.25) is 11.7 Å². The van der Waals surface area contributed by atoms with E-state index in [-0.39, 0.29) is 55.5 Å². The van der Waals surface area contributed by atoms with E-state index >= 15 is 0 Å². The zero-order valence-corrected chi connectivity index (χ0v) is 24.7. The molecule has 2 amide bonds. The molecule has 0 atom stereocenters. The number of likely N-dealkylation sites (N-methyl/N-ethyl adjacent to an activating group) is 2. The van der Waals surface area contributed by atoms with E-state index in [9.17, 15) is 18.4 Å². The van der Waals surface area contributed by atoms with Gasteiger partial charge in [-0.15, -0.1) is 24.8 Å². The first kappa shape index (κ1) is 33.9. The lowest BCUT2D eigenvalue weighted by Crippen LogP contribution is -2.48. The number of fused-ring (bicyclic) bond motifs is 1. The topological polar surface area (TPSA) is 107 Å². The molecule has 14 heteroatoms. The molecule has 2 aromatic carbocycles. The molecule has 0 fully saturated rings. The molecule has 0 saturated heterocycles. The number of carbonyl (C=O) groups is 2. The van der Waals surface area contributed by atoms with Crippen molar-refractivity contribution < 1.29 is 22.9 Å². The Morgan fingerprint density at radius 1 is 1.07 bits per heavy atom. The number of halogens is 4. The third-order valence-corrected chi connectivity index (χ3v) is 6.57. The first-order valence-electron chi connectivity index (χ1n) is 12.8. The Hall–Kier alpha value is -3.32. The van der Waals surface area contributed by atoms with Gasteiger partial charge in [-0.2, -0.15) is 13.8 Å². The van der Waals surface area contributed by atoms with E-state index in [1.807, 2.05) is 31.0 Å². The van der Waals surface area contributed by atoms with Crippen LogP contribution >= 0.6 is 24.8 Å². The lowest BCUT2D eigenvalue weighted by atomic mass is 10.1. The number of benzene rings is 2. The Balaban J connectivity index is 0.00000294. The van der Waals surface area contributed by atoms with Crippen LogP contribution in [0, 0.1) is 6.92 Å². The third kappa shape index (κ3) is 8.59. The van der Waals surface area contributed by atoms with Gasteiger partial charge >= 0.3 is 6.43 Å². The highest BCUT2D eigenvalue weighted by atomic mass is 35.5.